The maximum Gasteiger partial charge on any atom is 0.251 e. The highest BCUT2D eigenvalue weighted by Gasteiger charge is 2.43. The third-order valence-corrected chi connectivity index (χ3v) is 3.45. The fourth-order valence-electron chi connectivity index (χ4n) is 2.29. The number of benzene rings is 1. The smallest absolute Gasteiger partial charge is 0.251 e. The van der Waals surface area contributed by atoms with E-state index in [0.29, 0.717) is 5.69 Å². The molecular formula is C14H16N4O4. The van der Waals surface area contributed by atoms with Crippen molar-refractivity contribution < 1.29 is 20.1 Å². The lowest BCUT2D eigenvalue weighted by atomic mass is 10.1. The van der Waals surface area contributed by atoms with Crippen molar-refractivity contribution >= 4 is 11.6 Å². The summed E-state index contributed by atoms with van der Waals surface area (Å²) in [5.74, 6) is 0.235. The van der Waals surface area contributed by atoms with Crippen LogP contribution in [-0.4, -0.2) is 49.8 Å². The summed E-state index contributed by atoms with van der Waals surface area (Å²) >= 11 is 0. The summed E-state index contributed by atoms with van der Waals surface area (Å²) in [5, 5.41) is 37.1. The van der Waals surface area contributed by atoms with E-state index in [-0.39, 0.29) is 12.6 Å². The van der Waals surface area contributed by atoms with Crippen molar-refractivity contribution in [3.63, 3.8) is 0 Å². The molecule has 0 spiro atoms. The van der Waals surface area contributed by atoms with Crippen molar-refractivity contribution in [2.45, 2.75) is 24.5 Å². The first kappa shape index (κ1) is 14.8. The molecule has 8 nitrogen and oxygen atoms in total. The Morgan fingerprint density at radius 1 is 1.14 bits per heavy atom. The average molecular weight is 304 g/mol. The number of nitrogens with zero attached hydrogens (tertiary/aromatic N) is 4. The molecule has 1 saturated heterocycles. The number of imidazole rings is 1. The molecule has 0 aliphatic carbocycles. The first-order chi connectivity index (χ1) is 10.7. The molecule has 4 atom stereocenters. The van der Waals surface area contributed by atoms with Crippen molar-refractivity contribution in [1.82, 2.24) is 9.55 Å². The van der Waals surface area contributed by atoms with E-state index >= 15 is 0 Å². The molecule has 2 heterocycles. The highest BCUT2D eigenvalue weighted by Crippen LogP contribution is 2.32. The van der Waals surface area contributed by atoms with Crippen LogP contribution in [0.5, 0.6) is 0 Å². The first-order valence-corrected chi connectivity index (χ1v) is 6.83. The van der Waals surface area contributed by atoms with Gasteiger partial charge < -0.3 is 20.1 Å². The predicted molar refractivity (Wildman–Crippen MR) is 75.9 cm³/mol. The number of azo groups is 1. The summed E-state index contributed by atoms with van der Waals surface area (Å²) in [4.78, 5) is 4.05. The van der Waals surface area contributed by atoms with E-state index in [9.17, 15) is 10.2 Å². The molecular weight excluding hydrogens is 288 g/mol. The Kier molecular flexibility index (Phi) is 4.25. The zero-order valence-electron chi connectivity index (χ0n) is 11.6. The minimum absolute atomic E-state index is 0.235. The second-order valence-electron chi connectivity index (χ2n) is 4.90. The van der Waals surface area contributed by atoms with Crippen molar-refractivity contribution in [3.8, 4) is 0 Å². The van der Waals surface area contributed by atoms with Crippen LogP contribution in [0.15, 0.2) is 53.0 Å². The fraction of sp³-hybridized carbons (Fsp3) is 0.357. The van der Waals surface area contributed by atoms with Gasteiger partial charge in [-0.3, -0.25) is 4.57 Å². The molecule has 1 aromatic carbocycles. The third kappa shape index (κ3) is 2.77. The molecule has 0 unspecified atom stereocenters. The van der Waals surface area contributed by atoms with Crippen LogP contribution in [0.3, 0.4) is 0 Å². The summed E-state index contributed by atoms with van der Waals surface area (Å²) in [5.41, 5.74) is 0.665. The van der Waals surface area contributed by atoms with Crippen molar-refractivity contribution in [2.24, 2.45) is 10.2 Å². The van der Waals surface area contributed by atoms with Gasteiger partial charge in [-0.2, -0.15) is 0 Å². The SMILES string of the molecule is OC[C@H]1O[C@@H](n2ccnc2N=Nc2ccccc2)[C@H](O)[C@@H]1O. The van der Waals surface area contributed by atoms with E-state index < -0.39 is 24.5 Å². The minimum atomic E-state index is -1.18. The van der Waals surface area contributed by atoms with Gasteiger partial charge in [0.2, 0.25) is 0 Å². The molecule has 1 aliphatic rings. The molecule has 2 aromatic rings. The molecule has 3 N–H and O–H groups in total. The lowest BCUT2D eigenvalue weighted by Gasteiger charge is -2.16. The van der Waals surface area contributed by atoms with Gasteiger partial charge in [0.05, 0.1) is 12.3 Å². The Morgan fingerprint density at radius 2 is 1.91 bits per heavy atom. The van der Waals surface area contributed by atoms with Gasteiger partial charge in [-0.05, 0) is 12.1 Å². The summed E-state index contributed by atoms with van der Waals surface area (Å²) in [6.45, 7) is -0.385. The van der Waals surface area contributed by atoms with Crippen molar-refractivity contribution in [1.29, 1.82) is 0 Å². The average Bonchev–Trinajstić information content (AvgIpc) is 3.12. The van der Waals surface area contributed by atoms with E-state index in [1.807, 2.05) is 18.2 Å². The standard InChI is InChI=1S/C14H16N4O4/c19-8-10-11(20)12(21)13(22-10)18-7-6-15-14(18)17-16-9-4-2-1-3-5-9/h1-7,10-13,19-21H,8H2/t10-,11-,12-,13-/m1/s1. The Morgan fingerprint density at radius 3 is 2.59 bits per heavy atom. The second kappa shape index (κ2) is 6.32. The number of rotatable bonds is 4. The number of aliphatic hydroxyl groups excluding tert-OH is 3. The van der Waals surface area contributed by atoms with Crippen molar-refractivity contribution in [2.75, 3.05) is 6.61 Å². The summed E-state index contributed by atoms with van der Waals surface area (Å²) in [6, 6.07) is 9.14. The van der Waals surface area contributed by atoms with Gasteiger partial charge in [0.15, 0.2) is 6.23 Å². The molecule has 116 valence electrons. The van der Waals surface area contributed by atoms with Gasteiger partial charge in [0.1, 0.15) is 18.3 Å². The number of hydrogen-bond acceptors (Lipinski definition) is 7. The second-order valence-corrected chi connectivity index (χ2v) is 4.90. The van der Waals surface area contributed by atoms with Crippen LogP contribution in [0.1, 0.15) is 6.23 Å². The maximum absolute atomic E-state index is 10.0. The Labute approximate surface area is 126 Å². The van der Waals surface area contributed by atoms with E-state index in [4.69, 9.17) is 9.84 Å². The van der Waals surface area contributed by atoms with Crippen LogP contribution in [-0.2, 0) is 4.74 Å². The Balaban J connectivity index is 1.82. The minimum Gasteiger partial charge on any atom is -0.394 e. The Bertz CT molecular complexity index is 645. The van der Waals surface area contributed by atoms with Gasteiger partial charge in [-0.25, -0.2) is 4.98 Å². The summed E-state index contributed by atoms with van der Waals surface area (Å²) in [6.07, 6.45) is -1.01. The fourth-order valence-corrected chi connectivity index (χ4v) is 2.29. The third-order valence-electron chi connectivity index (χ3n) is 3.45. The van der Waals surface area contributed by atoms with Crippen LogP contribution in [0.4, 0.5) is 11.6 Å². The van der Waals surface area contributed by atoms with E-state index in [0.717, 1.165) is 0 Å². The number of hydrogen-bond donors (Lipinski definition) is 3. The predicted octanol–water partition coefficient (Wildman–Crippen LogP) is 0.910. The Hall–Kier alpha value is -2.13. The van der Waals surface area contributed by atoms with Crippen molar-refractivity contribution in [3.05, 3.63) is 42.7 Å². The zero-order valence-corrected chi connectivity index (χ0v) is 11.6. The lowest BCUT2D eigenvalue weighted by Crippen LogP contribution is -2.33. The lowest BCUT2D eigenvalue weighted by molar-refractivity contribution is -0.0519. The van der Waals surface area contributed by atoms with Gasteiger partial charge >= 0.3 is 0 Å². The number of aliphatic hydroxyl groups is 3. The molecule has 0 saturated carbocycles. The van der Waals surface area contributed by atoms with E-state index in [2.05, 4.69) is 15.2 Å². The normalized spacial score (nSPS) is 28.5. The number of ether oxygens (including phenoxy) is 1. The molecule has 3 rings (SSSR count). The molecule has 8 heteroatoms. The molecule has 0 amide bonds. The topological polar surface area (TPSA) is 112 Å². The molecule has 1 fully saturated rings. The zero-order chi connectivity index (χ0) is 15.5. The number of aromatic nitrogens is 2. The summed E-state index contributed by atoms with van der Waals surface area (Å²) < 4.78 is 6.91. The van der Waals surface area contributed by atoms with Crippen LogP contribution in [0, 0.1) is 0 Å². The van der Waals surface area contributed by atoms with Crippen LogP contribution >= 0.6 is 0 Å². The summed E-state index contributed by atoms with van der Waals surface area (Å²) in [7, 11) is 0. The monoisotopic (exact) mass is 304 g/mol. The highest BCUT2D eigenvalue weighted by molar-refractivity contribution is 5.35. The molecule has 1 aliphatic heterocycles. The molecule has 0 radical (unpaired) electrons. The quantitative estimate of drug-likeness (QED) is 0.727. The molecule has 22 heavy (non-hydrogen) atoms. The van der Waals surface area contributed by atoms with E-state index in [1.165, 1.54) is 10.8 Å². The first-order valence-electron chi connectivity index (χ1n) is 6.83. The van der Waals surface area contributed by atoms with Crippen LogP contribution in [0.2, 0.25) is 0 Å². The molecule has 0 bridgehead atoms. The largest absolute Gasteiger partial charge is 0.394 e. The van der Waals surface area contributed by atoms with Gasteiger partial charge in [0, 0.05) is 12.4 Å². The van der Waals surface area contributed by atoms with E-state index in [1.54, 1.807) is 18.3 Å². The van der Waals surface area contributed by atoms with Gasteiger partial charge in [-0.1, -0.05) is 18.2 Å². The van der Waals surface area contributed by atoms with Gasteiger partial charge in [0.25, 0.3) is 5.95 Å². The van der Waals surface area contributed by atoms with Gasteiger partial charge in [-0.15, -0.1) is 10.2 Å². The van der Waals surface area contributed by atoms with Crippen LogP contribution < -0.4 is 0 Å². The molecule has 1 aromatic heterocycles. The maximum atomic E-state index is 10.0. The highest BCUT2D eigenvalue weighted by atomic mass is 16.6. The van der Waals surface area contributed by atoms with Crippen LogP contribution in [0.25, 0.3) is 0 Å².